The molecule has 0 bridgehead atoms. The van der Waals surface area contributed by atoms with E-state index in [1.807, 2.05) is 25.7 Å². The molecule has 1 heterocycles. The molecule has 18 heavy (non-hydrogen) atoms. The molecule has 1 aliphatic carbocycles. The first-order valence-electron chi connectivity index (χ1n) is 6.63. The molecule has 1 aromatic heterocycles. The number of thioether (sulfide) groups is 1. The predicted octanol–water partition coefficient (Wildman–Crippen LogP) is 2.38. The van der Waals surface area contributed by atoms with Gasteiger partial charge in [-0.05, 0) is 38.6 Å². The molecular formula is C13H24N4S. The fourth-order valence-electron chi connectivity index (χ4n) is 2.60. The highest BCUT2D eigenvalue weighted by Gasteiger charge is 2.35. The van der Waals surface area contributed by atoms with Crippen LogP contribution in [0.2, 0.25) is 0 Å². The van der Waals surface area contributed by atoms with E-state index in [4.69, 9.17) is 0 Å². The number of hydrogen-bond donors (Lipinski definition) is 1. The second-order valence-corrected chi connectivity index (χ2v) is 7.25. The lowest BCUT2D eigenvalue weighted by Gasteiger charge is -2.40. The first kappa shape index (κ1) is 13.9. The van der Waals surface area contributed by atoms with E-state index >= 15 is 0 Å². The van der Waals surface area contributed by atoms with Gasteiger partial charge in [-0.15, -0.1) is 10.2 Å². The Morgan fingerprint density at radius 1 is 1.39 bits per heavy atom. The van der Waals surface area contributed by atoms with Gasteiger partial charge in [0.1, 0.15) is 5.82 Å². The van der Waals surface area contributed by atoms with Gasteiger partial charge >= 0.3 is 0 Å². The van der Waals surface area contributed by atoms with E-state index in [0.29, 0.717) is 16.7 Å². The lowest BCUT2D eigenvalue weighted by atomic mass is 9.75. The average Bonchev–Trinajstić information content (AvgIpc) is 2.60. The van der Waals surface area contributed by atoms with E-state index in [-0.39, 0.29) is 0 Å². The van der Waals surface area contributed by atoms with E-state index in [9.17, 15) is 0 Å². The predicted molar refractivity (Wildman–Crippen MR) is 75.9 cm³/mol. The van der Waals surface area contributed by atoms with Crippen molar-refractivity contribution in [1.82, 2.24) is 20.1 Å². The summed E-state index contributed by atoms with van der Waals surface area (Å²) in [6.45, 7) is 6.74. The monoisotopic (exact) mass is 268 g/mol. The molecule has 0 aliphatic heterocycles. The molecule has 102 valence electrons. The van der Waals surface area contributed by atoms with Crippen molar-refractivity contribution in [3.63, 3.8) is 0 Å². The lowest BCUT2D eigenvalue weighted by molar-refractivity contribution is 0.218. The van der Waals surface area contributed by atoms with Gasteiger partial charge in [0.25, 0.3) is 0 Å². The Labute approximate surface area is 114 Å². The zero-order chi connectivity index (χ0) is 13.3. The van der Waals surface area contributed by atoms with Gasteiger partial charge in [0.2, 0.25) is 0 Å². The van der Waals surface area contributed by atoms with Gasteiger partial charge in [0, 0.05) is 18.3 Å². The van der Waals surface area contributed by atoms with Crippen LogP contribution in [0.1, 0.15) is 38.9 Å². The third kappa shape index (κ3) is 2.88. The number of nitrogens with zero attached hydrogens (tertiary/aromatic N) is 3. The molecule has 2 unspecified atom stereocenters. The molecule has 1 aliphatic rings. The van der Waals surface area contributed by atoms with E-state index in [1.54, 1.807) is 0 Å². The number of aromatic nitrogens is 3. The molecule has 2 rings (SSSR count). The second-order valence-electron chi connectivity index (χ2n) is 6.05. The highest BCUT2D eigenvalue weighted by atomic mass is 32.2. The Balaban J connectivity index is 2.12. The summed E-state index contributed by atoms with van der Waals surface area (Å²) in [6.07, 6.45) is 3.78. The van der Waals surface area contributed by atoms with Crippen LogP contribution in [0.4, 0.5) is 0 Å². The van der Waals surface area contributed by atoms with Crippen LogP contribution in [0.5, 0.6) is 0 Å². The van der Waals surface area contributed by atoms with Gasteiger partial charge < -0.3 is 9.88 Å². The summed E-state index contributed by atoms with van der Waals surface area (Å²) in [6, 6.07) is 0.583. The highest BCUT2D eigenvalue weighted by Crippen LogP contribution is 2.42. The fourth-order valence-corrected chi connectivity index (χ4v) is 4.22. The normalized spacial score (nSPS) is 27.4. The van der Waals surface area contributed by atoms with Crippen LogP contribution in [-0.4, -0.2) is 33.1 Å². The summed E-state index contributed by atoms with van der Waals surface area (Å²) in [5, 5.41) is 13.5. The smallest absolute Gasteiger partial charge is 0.191 e. The Morgan fingerprint density at radius 3 is 2.67 bits per heavy atom. The maximum Gasteiger partial charge on any atom is 0.191 e. The van der Waals surface area contributed by atoms with Crippen molar-refractivity contribution < 1.29 is 0 Å². The van der Waals surface area contributed by atoms with Crippen molar-refractivity contribution in [3.8, 4) is 0 Å². The highest BCUT2D eigenvalue weighted by molar-refractivity contribution is 7.99. The minimum atomic E-state index is 0.443. The topological polar surface area (TPSA) is 42.7 Å². The van der Waals surface area contributed by atoms with Crippen molar-refractivity contribution in [1.29, 1.82) is 0 Å². The van der Waals surface area contributed by atoms with Crippen LogP contribution in [0.3, 0.4) is 0 Å². The third-order valence-corrected chi connectivity index (χ3v) is 5.38. The van der Waals surface area contributed by atoms with Gasteiger partial charge in [0.15, 0.2) is 5.16 Å². The zero-order valence-corrected chi connectivity index (χ0v) is 12.8. The summed E-state index contributed by atoms with van der Waals surface area (Å²) in [5.41, 5.74) is 0.443. The molecule has 4 nitrogen and oxygen atoms in total. The van der Waals surface area contributed by atoms with Crippen molar-refractivity contribution >= 4 is 11.8 Å². The summed E-state index contributed by atoms with van der Waals surface area (Å²) < 4.78 is 2.08. The molecule has 1 aromatic rings. The molecule has 1 saturated carbocycles. The van der Waals surface area contributed by atoms with Crippen LogP contribution >= 0.6 is 11.8 Å². The average molecular weight is 268 g/mol. The van der Waals surface area contributed by atoms with Crippen molar-refractivity contribution in [2.45, 2.75) is 56.5 Å². The SMILES string of the molecule is CNC1CCC(C)(C)CC1Sc1nnc(C)n1C. The number of nitrogens with one attached hydrogen (secondary N) is 1. The molecule has 5 heteroatoms. The van der Waals surface area contributed by atoms with Crippen molar-refractivity contribution in [3.05, 3.63) is 5.82 Å². The van der Waals surface area contributed by atoms with Crippen LogP contribution in [0.15, 0.2) is 5.16 Å². The Hall–Kier alpha value is -0.550. The molecule has 1 N–H and O–H groups in total. The standard InChI is InChI=1S/C13H24N4S/c1-9-15-16-12(17(9)5)18-11-8-13(2,3)7-6-10(11)14-4/h10-11,14H,6-8H2,1-5H3. The third-order valence-electron chi connectivity index (χ3n) is 4.01. The minimum absolute atomic E-state index is 0.443. The van der Waals surface area contributed by atoms with Crippen molar-refractivity contribution in [2.24, 2.45) is 12.5 Å². The molecule has 0 amide bonds. The van der Waals surface area contributed by atoms with E-state index < -0.39 is 0 Å². The van der Waals surface area contributed by atoms with Gasteiger partial charge in [-0.2, -0.15) is 0 Å². The van der Waals surface area contributed by atoms with Crippen LogP contribution in [-0.2, 0) is 7.05 Å². The zero-order valence-electron chi connectivity index (χ0n) is 12.0. The maximum atomic E-state index is 4.27. The Morgan fingerprint density at radius 2 is 2.11 bits per heavy atom. The Kier molecular flexibility index (Phi) is 4.02. The summed E-state index contributed by atoms with van der Waals surface area (Å²) in [4.78, 5) is 0. The van der Waals surface area contributed by atoms with Crippen LogP contribution in [0.25, 0.3) is 0 Å². The molecule has 1 fully saturated rings. The van der Waals surface area contributed by atoms with Gasteiger partial charge in [0.05, 0.1) is 0 Å². The largest absolute Gasteiger partial charge is 0.316 e. The molecule has 0 saturated heterocycles. The Bertz CT molecular complexity index is 413. The molecule has 0 radical (unpaired) electrons. The number of aryl methyl sites for hydroxylation is 1. The van der Waals surface area contributed by atoms with E-state index in [0.717, 1.165) is 11.0 Å². The number of hydrogen-bond acceptors (Lipinski definition) is 4. The van der Waals surface area contributed by atoms with Gasteiger partial charge in [-0.25, -0.2) is 0 Å². The van der Waals surface area contributed by atoms with Crippen LogP contribution in [0, 0.1) is 12.3 Å². The van der Waals surface area contributed by atoms with Gasteiger partial charge in [-0.3, -0.25) is 0 Å². The minimum Gasteiger partial charge on any atom is -0.316 e. The number of rotatable bonds is 3. The molecule has 0 spiro atoms. The van der Waals surface area contributed by atoms with Crippen LogP contribution < -0.4 is 5.32 Å². The quantitative estimate of drug-likeness (QED) is 0.914. The molecule has 0 aromatic carbocycles. The first-order valence-corrected chi connectivity index (χ1v) is 7.51. The van der Waals surface area contributed by atoms with Crippen molar-refractivity contribution in [2.75, 3.05) is 7.05 Å². The maximum absolute atomic E-state index is 4.27. The second kappa shape index (κ2) is 5.21. The summed E-state index contributed by atoms with van der Waals surface area (Å²) >= 11 is 1.87. The molecule has 2 atom stereocenters. The first-order chi connectivity index (χ1) is 8.43. The van der Waals surface area contributed by atoms with E-state index in [2.05, 4.69) is 41.0 Å². The molecular weight excluding hydrogens is 244 g/mol. The van der Waals surface area contributed by atoms with E-state index in [1.165, 1.54) is 19.3 Å². The summed E-state index contributed by atoms with van der Waals surface area (Å²) in [5.74, 6) is 0.980. The fraction of sp³-hybridized carbons (Fsp3) is 0.846. The lowest BCUT2D eigenvalue weighted by Crippen LogP contribution is -2.43. The van der Waals surface area contributed by atoms with Gasteiger partial charge in [-0.1, -0.05) is 25.6 Å². The summed E-state index contributed by atoms with van der Waals surface area (Å²) in [7, 11) is 4.11.